The first kappa shape index (κ1) is 19.0. The van der Waals surface area contributed by atoms with Gasteiger partial charge in [-0.2, -0.15) is 0 Å². The summed E-state index contributed by atoms with van der Waals surface area (Å²) in [5.41, 5.74) is 1.50. The molecule has 0 unspecified atom stereocenters. The van der Waals surface area contributed by atoms with Gasteiger partial charge >= 0.3 is 0 Å². The molecule has 0 aromatic heterocycles. The van der Waals surface area contributed by atoms with Gasteiger partial charge in [-0.25, -0.2) is 0 Å². The maximum Gasteiger partial charge on any atom is 0.251 e. The second-order valence-corrected chi connectivity index (χ2v) is 6.28. The number of hydrogen-bond donors (Lipinski definition) is 2. The van der Waals surface area contributed by atoms with Crippen molar-refractivity contribution >= 4 is 27.7 Å². The summed E-state index contributed by atoms with van der Waals surface area (Å²) < 4.78 is 6.29. The SMILES string of the molecule is CCOc1ccc(CC(=O)NCCNC(=O)c2ccc(Br)cc2)cc1. The van der Waals surface area contributed by atoms with E-state index in [1.807, 2.05) is 43.3 Å². The Morgan fingerprint density at radius 3 is 2.24 bits per heavy atom. The number of carbonyl (C=O) groups is 2. The first-order chi connectivity index (χ1) is 12.1. The van der Waals surface area contributed by atoms with Crippen LogP contribution < -0.4 is 15.4 Å². The molecule has 0 fully saturated rings. The molecule has 0 aliphatic carbocycles. The third-order valence-corrected chi connectivity index (χ3v) is 3.97. The lowest BCUT2D eigenvalue weighted by atomic mass is 10.1. The molecule has 0 saturated heterocycles. The van der Waals surface area contributed by atoms with Gasteiger partial charge in [0.15, 0.2) is 0 Å². The molecule has 2 N–H and O–H groups in total. The minimum atomic E-state index is -0.159. The molecule has 2 aromatic rings. The Kier molecular flexibility index (Phi) is 7.47. The van der Waals surface area contributed by atoms with Crippen molar-refractivity contribution in [2.45, 2.75) is 13.3 Å². The van der Waals surface area contributed by atoms with E-state index in [-0.39, 0.29) is 11.8 Å². The lowest BCUT2D eigenvalue weighted by molar-refractivity contribution is -0.120. The van der Waals surface area contributed by atoms with Crippen molar-refractivity contribution in [3.8, 4) is 5.75 Å². The van der Waals surface area contributed by atoms with Gasteiger partial charge in [0.05, 0.1) is 13.0 Å². The highest BCUT2D eigenvalue weighted by atomic mass is 79.9. The van der Waals surface area contributed by atoms with Gasteiger partial charge in [-0.3, -0.25) is 9.59 Å². The minimum Gasteiger partial charge on any atom is -0.494 e. The molecule has 2 rings (SSSR count). The first-order valence-corrected chi connectivity index (χ1v) is 8.90. The summed E-state index contributed by atoms with van der Waals surface area (Å²) in [5.74, 6) is 0.553. The number of carbonyl (C=O) groups excluding carboxylic acids is 2. The predicted molar refractivity (Wildman–Crippen MR) is 101 cm³/mol. The monoisotopic (exact) mass is 404 g/mol. The molecule has 0 saturated carbocycles. The van der Waals surface area contributed by atoms with Crippen molar-refractivity contribution < 1.29 is 14.3 Å². The summed E-state index contributed by atoms with van der Waals surface area (Å²) in [6, 6.07) is 14.6. The fourth-order valence-corrected chi connectivity index (χ4v) is 2.46. The number of halogens is 1. The fraction of sp³-hybridized carbons (Fsp3) is 0.263. The van der Waals surface area contributed by atoms with Gasteiger partial charge in [-0.15, -0.1) is 0 Å². The number of amides is 2. The second kappa shape index (κ2) is 9.84. The maximum atomic E-state index is 11.9. The van der Waals surface area contributed by atoms with Crippen LogP contribution in [0.25, 0.3) is 0 Å². The zero-order chi connectivity index (χ0) is 18.1. The van der Waals surface area contributed by atoms with Crippen molar-refractivity contribution in [1.29, 1.82) is 0 Å². The molecule has 2 amide bonds. The van der Waals surface area contributed by atoms with Crippen LogP contribution in [0.15, 0.2) is 53.0 Å². The van der Waals surface area contributed by atoms with Gasteiger partial charge < -0.3 is 15.4 Å². The van der Waals surface area contributed by atoms with Gasteiger partial charge in [-0.05, 0) is 48.9 Å². The molecule has 0 heterocycles. The Labute approximate surface area is 155 Å². The molecule has 0 bridgehead atoms. The number of ether oxygens (including phenoxy) is 1. The van der Waals surface area contributed by atoms with Crippen molar-refractivity contribution in [3.05, 3.63) is 64.1 Å². The standard InChI is InChI=1S/C19H21BrN2O3/c1-2-25-17-9-3-14(4-10-17)13-18(23)21-11-12-22-19(24)15-5-7-16(20)8-6-15/h3-10H,2,11-13H2,1H3,(H,21,23)(H,22,24). The van der Waals surface area contributed by atoms with Crippen LogP contribution in [0.4, 0.5) is 0 Å². The van der Waals surface area contributed by atoms with Crippen LogP contribution >= 0.6 is 15.9 Å². The molecule has 0 aliphatic rings. The fourth-order valence-electron chi connectivity index (χ4n) is 2.20. The van der Waals surface area contributed by atoms with E-state index in [0.29, 0.717) is 31.7 Å². The predicted octanol–water partition coefficient (Wildman–Crippen LogP) is 2.94. The molecule has 0 spiro atoms. The Balaban J connectivity index is 1.68. The Bertz CT molecular complexity index is 700. The normalized spacial score (nSPS) is 10.2. The summed E-state index contributed by atoms with van der Waals surface area (Å²) in [6.45, 7) is 3.31. The topological polar surface area (TPSA) is 67.4 Å². The van der Waals surface area contributed by atoms with Gasteiger partial charge in [0.25, 0.3) is 5.91 Å². The van der Waals surface area contributed by atoms with Crippen LogP contribution in [0.1, 0.15) is 22.8 Å². The van der Waals surface area contributed by atoms with Gasteiger partial charge in [-0.1, -0.05) is 28.1 Å². The van der Waals surface area contributed by atoms with Crippen LogP contribution in [0, 0.1) is 0 Å². The van der Waals surface area contributed by atoms with E-state index in [4.69, 9.17) is 4.74 Å². The summed E-state index contributed by atoms with van der Waals surface area (Å²) >= 11 is 3.33. The van der Waals surface area contributed by atoms with Gasteiger partial charge in [0.2, 0.25) is 5.91 Å². The second-order valence-electron chi connectivity index (χ2n) is 5.37. The molecule has 2 aromatic carbocycles. The highest BCUT2D eigenvalue weighted by Gasteiger charge is 2.06. The van der Waals surface area contributed by atoms with Crippen LogP contribution in [0.3, 0.4) is 0 Å². The molecule has 0 aliphatic heterocycles. The Morgan fingerprint density at radius 2 is 1.60 bits per heavy atom. The van der Waals surface area contributed by atoms with Crippen molar-refractivity contribution in [2.75, 3.05) is 19.7 Å². The highest BCUT2D eigenvalue weighted by molar-refractivity contribution is 9.10. The molecule has 6 heteroatoms. The quantitative estimate of drug-likeness (QED) is 0.664. The molecule has 0 atom stereocenters. The largest absolute Gasteiger partial charge is 0.494 e. The first-order valence-electron chi connectivity index (χ1n) is 8.10. The summed E-state index contributed by atoms with van der Waals surface area (Å²) in [4.78, 5) is 23.8. The molecular formula is C19H21BrN2O3. The van der Waals surface area contributed by atoms with Crippen molar-refractivity contribution in [1.82, 2.24) is 10.6 Å². The summed E-state index contributed by atoms with van der Waals surface area (Å²) in [5, 5.41) is 5.57. The van der Waals surface area contributed by atoms with E-state index in [0.717, 1.165) is 15.8 Å². The number of benzene rings is 2. The average molecular weight is 405 g/mol. The minimum absolute atomic E-state index is 0.0814. The van der Waals surface area contributed by atoms with Crippen LogP contribution in [-0.4, -0.2) is 31.5 Å². The molecule has 132 valence electrons. The van der Waals surface area contributed by atoms with E-state index >= 15 is 0 Å². The van der Waals surface area contributed by atoms with Crippen molar-refractivity contribution in [2.24, 2.45) is 0 Å². The molecular weight excluding hydrogens is 384 g/mol. The zero-order valence-electron chi connectivity index (χ0n) is 14.0. The van der Waals surface area contributed by atoms with E-state index < -0.39 is 0 Å². The van der Waals surface area contributed by atoms with E-state index in [9.17, 15) is 9.59 Å². The van der Waals surface area contributed by atoms with Crippen molar-refractivity contribution in [3.63, 3.8) is 0 Å². The Morgan fingerprint density at radius 1 is 0.960 bits per heavy atom. The Hall–Kier alpha value is -2.34. The summed E-state index contributed by atoms with van der Waals surface area (Å²) in [7, 11) is 0. The lowest BCUT2D eigenvalue weighted by Gasteiger charge is -2.08. The third-order valence-electron chi connectivity index (χ3n) is 3.44. The maximum absolute atomic E-state index is 11.9. The lowest BCUT2D eigenvalue weighted by Crippen LogP contribution is -2.35. The molecule has 5 nitrogen and oxygen atoms in total. The number of nitrogens with one attached hydrogen (secondary N) is 2. The number of rotatable bonds is 8. The van der Waals surface area contributed by atoms with E-state index in [1.165, 1.54) is 0 Å². The van der Waals surface area contributed by atoms with E-state index in [1.54, 1.807) is 12.1 Å². The molecule has 0 radical (unpaired) electrons. The smallest absolute Gasteiger partial charge is 0.251 e. The summed E-state index contributed by atoms with van der Waals surface area (Å²) in [6.07, 6.45) is 0.299. The molecule has 25 heavy (non-hydrogen) atoms. The van der Waals surface area contributed by atoms with Gasteiger partial charge in [0, 0.05) is 23.1 Å². The number of hydrogen-bond acceptors (Lipinski definition) is 3. The zero-order valence-corrected chi connectivity index (χ0v) is 15.6. The van der Waals surface area contributed by atoms with E-state index in [2.05, 4.69) is 26.6 Å². The van der Waals surface area contributed by atoms with Crippen LogP contribution in [-0.2, 0) is 11.2 Å². The highest BCUT2D eigenvalue weighted by Crippen LogP contribution is 2.12. The van der Waals surface area contributed by atoms with Gasteiger partial charge in [0.1, 0.15) is 5.75 Å². The average Bonchev–Trinajstić information content (AvgIpc) is 2.61. The van der Waals surface area contributed by atoms with Crippen LogP contribution in [0.2, 0.25) is 0 Å². The third kappa shape index (κ3) is 6.58. The van der Waals surface area contributed by atoms with Crippen LogP contribution in [0.5, 0.6) is 5.75 Å².